The Hall–Kier alpha value is -2.15. The Kier molecular flexibility index (Phi) is 7.50. The number of aliphatic hydroxyl groups excluding tert-OH is 1. The Morgan fingerprint density at radius 2 is 1.70 bits per heavy atom. The first-order valence-corrected chi connectivity index (χ1v) is 10.4. The summed E-state index contributed by atoms with van der Waals surface area (Å²) in [6, 6.07) is 4.34. The summed E-state index contributed by atoms with van der Waals surface area (Å²) in [5.41, 5.74) is -0.181. The van der Waals surface area contributed by atoms with Crippen LogP contribution in [0.15, 0.2) is 18.2 Å². The molecule has 0 aromatic heterocycles. The molecule has 1 heterocycles. The fourth-order valence-electron chi connectivity index (χ4n) is 3.61. The van der Waals surface area contributed by atoms with Crippen molar-refractivity contribution in [2.24, 2.45) is 11.8 Å². The second kappa shape index (κ2) is 9.33. The smallest absolute Gasteiger partial charge is 0.410 e. The number of carbonyl (C=O) groups is 2. The number of rotatable bonds is 5. The summed E-state index contributed by atoms with van der Waals surface area (Å²) in [7, 11) is 0. The molecule has 2 atom stereocenters. The second-order valence-electron chi connectivity index (χ2n) is 9.95. The van der Waals surface area contributed by atoms with Gasteiger partial charge in [0.25, 0.3) is 0 Å². The second-order valence-corrected chi connectivity index (χ2v) is 9.95. The molecule has 0 spiro atoms. The van der Waals surface area contributed by atoms with E-state index in [0.29, 0.717) is 30.6 Å². The van der Waals surface area contributed by atoms with Crippen LogP contribution in [0, 0.1) is 17.7 Å². The molecule has 1 aromatic rings. The molecule has 6 nitrogen and oxygen atoms in total. The summed E-state index contributed by atoms with van der Waals surface area (Å²) in [5, 5.41) is 9.37. The lowest BCUT2D eigenvalue weighted by atomic mass is 9.85. The molecule has 30 heavy (non-hydrogen) atoms. The van der Waals surface area contributed by atoms with Crippen LogP contribution in [0.4, 0.5) is 9.18 Å². The molecule has 1 saturated heterocycles. The maximum atomic E-state index is 13.9. The molecule has 1 aliphatic heterocycles. The van der Waals surface area contributed by atoms with Gasteiger partial charge in [-0.3, -0.25) is 4.79 Å². The summed E-state index contributed by atoms with van der Waals surface area (Å²) in [6.07, 6.45) is 0.499. The van der Waals surface area contributed by atoms with E-state index in [9.17, 15) is 19.1 Å². The molecule has 1 N–H and O–H groups in total. The number of carbonyl (C=O) groups excluding carboxylic acids is 2. The third-order valence-electron chi connectivity index (χ3n) is 4.81. The van der Waals surface area contributed by atoms with Gasteiger partial charge in [0.15, 0.2) is 0 Å². The first-order valence-electron chi connectivity index (χ1n) is 10.4. The Balaban J connectivity index is 2.21. The summed E-state index contributed by atoms with van der Waals surface area (Å²) in [4.78, 5) is 27.0. The maximum absolute atomic E-state index is 13.9. The van der Waals surface area contributed by atoms with E-state index in [4.69, 9.17) is 9.47 Å². The van der Waals surface area contributed by atoms with E-state index in [0.717, 1.165) is 0 Å². The molecule has 0 aliphatic carbocycles. The third-order valence-corrected chi connectivity index (χ3v) is 4.81. The lowest BCUT2D eigenvalue weighted by Gasteiger charge is -2.28. The predicted octanol–water partition coefficient (Wildman–Crippen LogP) is 4.08. The number of amides is 1. The molecule has 2 rings (SSSR count). The van der Waals surface area contributed by atoms with Gasteiger partial charge in [0, 0.05) is 13.1 Å². The third kappa shape index (κ3) is 7.27. The number of ether oxygens (including phenoxy) is 2. The van der Waals surface area contributed by atoms with Crippen molar-refractivity contribution in [2.45, 2.75) is 72.2 Å². The van der Waals surface area contributed by atoms with Crippen LogP contribution in [-0.2, 0) is 27.3 Å². The Labute approximate surface area is 178 Å². The molecule has 0 saturated carbocycles. The molecule has 0 bridgehead atoms. The van der Waals surface area contributed by atoms with Crippen molar-refractivity contribution in [3.63, 3.8) is 0 Å². The number of nitrogens with zero attached hydrogens (tertiary/aromatic N) is 1. The van der Waals surface area contributed by atoms with Gasteiger partial charge in [-0.25, -0.2) is 9.18 Å². The molecule has 1 amide bonds. The van der Waals surface area contributed by atoms with E-state index in [1.165, 1.54) is 12.1 Å². The number of hydrogen-bond acceptors (Lipinski definition) is 5. The molecule has 1 aromatic carbocycles. The standard InChI is InChI=1S/C23H34FNO5/c1-22(2,3)29-20(27)19(12-15-9-16(14-26)11-18(24)10-15)17-7-8-25(13-17)21(28)30-23(4,5)6/h9-11,17,19,26H,7-8,12-14H2,1-6H3/t17-,19-/m0/s1. The number of aliphatic hydroxyl groups is 1. The zero-order chi connectivity index (χ0) is 22.7. The van der Waals surface area contributed by atoms with Gasteiger partial charge in [0.1, 0.15) is 17.0 Å². The fraction of sp³-hybridized carbons (Fsp3) is 0.652. The zero-order valence-electron chi connectivity index (χ0n) is 18.8. The van der Waals surface area contributed by atoms with Gasteiger partial charge in [0.2, 0.25) is 0 Å². The van der Waals surface area contributed by atoms with Crippen LogP contribution < -0.4 is 0 Å². The SMILES string of the molecule is CC(C)(C)OC(=O)[C@@H](Cc1cc(F)cc(CO)c1)[C@H]1CCN(C(=O)OC(C)(C)C)C1. The molecule has 7 heteroatoms. The van der Waals surface area contributed by atoms with Crippen LogP contribution in [-0.4, -0.2) is 46.4 Å². The van der Waals surface area contributed by atoms with Gasteiger partial charge < -0.3 is 19.5 Å². The minimum Gasteiger partial charge on any atom is -0.460 e. The van der Waals surface area contributed by atoms with E-state index >= 15 is 0 Å². The van der Waals surface area contributed by atoms with Crippen molar-refractivity contribution in [3.05, 3.63) is 35.1 Å². The van der Waals surface area contributed by atoms with Gasteiger partial charge in [-0.05, 0) is 83.6 Å². The lowest BCUT2D eigenvalue weighted by molar-refractivity contribution is -0.161. The first kappa shape index (κ1) is 24.1. The highest BCUT2D eigenvalue weighted by molar-refractivity contribution is 5.74. The van der Waals surface area contributed by atoms with E-state index in [2.05, 4.69) is 0 Å². The summed E-state index contributed by atoms with van der Waals surface area (Å²) < 4.78 is 25.0. The minimum absolute atomic E-state index is 0.131. The average Bonchev–Trinajstić information content (AvgIpc) is 3.06. The molecular formula is C23H34FNO5. The molecule has 1 aliphatic rings. The van der Waals surface area contributed by atoms with Crippen molar-refractivity contribution < 1.29 is 28.6 Å². The Bertz CT molecular complexity index is 766. The fourth-order valence-corrected chi connectivity index (χ4v) is 3.61. The van der Waals surface area contributed by atoms with Crippen molar-refractivity contribution in [1.82, 2.24) is 4.90 Å². The van der Waals surface area contributed by atoms with Gasteiger partial charge >= 0.3 is 12.1 Å². The van der Waals surface area contributed by atoms with Crippen LogP contribution in [0.5, 0.6) is 0 Å². The van der Waals surface area contributed by atoms with Crippen LogP contribution in [0.1, 0.15) is 59.1 Å². The van der Waals surface area contributed by atoms with Crippen molar-refractivity contribution in [2.75, 3.05) is 13.1 Å². The van der Waals surface area contributed by atoms with Gasteiger partial charge in [-0.2, -0.15) is 0 Å². The van der Waals surface area contributed by atoms with Crippen LogP contribution in [0.3, 0.4) is 0 Å². The topological polar surface area (TPSA) is 76.1 Å². The molecular weight excluding hydrogens is 389 g/mol. The van der Waals surface area contributed by atoms with Gasteiger partial charge in [-0.15, -0.1) is 0 Å². The Morgan fingerprint density at radius 1 is 1.10 bits per heavy atom. The maximum Gasteiger partial charge on any atom is 0.410 e. The van der Waals surface area contributed by atoms with Gasteiger partial charge in [0.05, 0.1) is 12.5 Å². The van der Waals surface area contributed by atoms with Crippen LogP contribution in [0.25, 0.3) is 0 Å². The highest BCUT2D eigenvalue weighted by atomic mass is 19.1. The Morgan fingerprint density at radius 3 is 2.27 bits per heavy atom. The van der Waals surface area contributed by atoms with E-state index in [-0.39, 0.29) is 24.9 Å². The van der Waals surface area contributed by atoms with E-state index in [1.54, 1.807) is 31.7 Å². The van der Waals surface area contributed by atoms with Crippen molar-refractivity contribution >= 4 is 12.1 Å². The van der Waals surface area contributed by atoms with Gasteiger partial charge in [-0.1, -0.05) is 6.07 Å². The molecule has 0 unspecified atom stereocenters. The van der Waals surface area contributed by atoms with E-state index in [1.807, 2.05) is 20.8 Å². The largest absolute Gasteiger partial charge is 0.460 e. The highest BCUT2D eigenvalue weighted by Gasteiger charge is 2.39. The van der Waals surface area contributed by atoms with E-state index < -0.39 is 29.0 Å². The van der Waals surface area contributed by atoms with Crippen LogP contribution >= 0.6 is 0 Å². The van der Waals surface area contributed by atoms with Crippen LogP contribution in [0.2, 0.25) is 0 Å². The molecule has 0 radical (unpaired) electrons. The predicted molar refractivity (Wildman–Crippen MR) is 111 cm³/mol. The molecule has 1 fully saturated rings. The van der Waals surface area contributed by atoms with Crippen molar-refractivity contribution in [1.29, 1.82) is 0 Å². The quantitative estimate of drug-likeness (QED) is 0.723. The average molecular weight is 424 g/mol. The summed E-state index contributed by atoms with van der Waals surface area (Å²) in [5.74, 6) is -1.49. The number of esters is 1. The summed E-state index contributed by atoms with van der Waals surface area (Å²) >= 11 is 0. The zero-order valence-corrected chi connectivity index (χ0v) is 18.8. The number of likely N-dealkylation sites (tertiary alicyclic amines) is 1. The van der Waals surface area contributed by atoms with Crippen molar-refractivity contribution in [3.8, 4) is 0 Å². The first-order chi connectivity index (χ1) is 13.8. The monoisotopic (exact) mass is 423 g/mol. The number of halogens is 1. The minimum atomic E-state index is -0.656. The number of benzene rings is 1. The summed E-state index contributed by atoms with van der Waals surface area (Å²) in [6.45, 7) is 11.4. The molecule has 168 valence electrons. The highest BCUT2D eigenvalue weighted by Crippen LogP contribution is 2.31. The lowest BCUT2D eigenvalue weighted by Crippen LogP contribution is -2.38. The normalized spacial score (nSPS) is 18.3. The number of hydrogen-bond donors (Lipinski definition) is 1.